The number of amides is 1. The van der Waals surface area contributed by atoms with Gasteiger partial charge in [-0.25, -0.2) is 0 Å². The molecule has 26 heavy (non-hydrogen) atoms. The number of hydrogen-bond acceptors (Lipinski definition) is 3. The van der Waals surface area contributed by atoms with Gasteiger partial charge in [-0.15, -0.1) is 0 Å². The van der Waals surface area contributed by atoms with Gasteiger partial charge < -0.3 is 5.32 Å². The van der Waals surface area contributed by atoms with E-state index in [0.717, 1.165) is 28.2 Å². The second-order valence-electron chi connectivity index (χ2n) is 5.95. The minimum Gasteiger partial charge on any atom is -0.322 e. The Morgan fingerprint density at radius 3 is 2.31 bits per heavy atom. The number of benzene rings is 3. The van der Waals surface area contributed by atoms with Crippen LogP contribution in [0.15, 0.2) is 77.0 Å². The fourth-order valence-corrected chi connectivity index (χ4v) is 2.56. The summed E-state index contributed by atoms with van der Waals surface area (Å²) < 4.78 is 0. The molecule has 4 nitrogen and oxygen atoms in total. The molecule has 0 aliphatic heterocycles. The molecule has 3 aromatic rings. The number of nitrogens with zero attached hydrogens (tertiary/aromatic N) is 2. The Labute approximate surface area is 157 Å². The monoisotopic (exact) mass is 363 g/mol. The number of rotatable bonds is 4. The lowest BCUT2D eigenvalue weighted by molar-refractivity contribution is 0.102. The third kappa shape index (κ3) is 4.35. The molecule has 0 saturated carbocycles. The summed E-state index contributed by atoms with van der Waals surface area (Å²) in [6, 6.07) is 20.1. The Morgan fingerprint density at radius 2 is 1.62 bits per heavy atom. The lowest BCUT2D eigenvalue weighted by atomic mass is 10.1. The number of hydrogen-bond donors (Lipinski definition) is 1. The fraction of sp³-hybridized carbons (Fsp3) is 0.0952. The molecule has 3 rings (SSSR count). The van der Waals surface area contributed by atoms with Crippen LogP contribution in [0.2, 0.25) is 5.02 Å². The van der Waals surface area contributed by atoms with Crippen molar-refractivity contribution in [1.29, 1.82) is 0 Å². The summed E-state index contributed by atoms with van der Waals surface area (Å²) in [5, 5.41) is 12.1. The van der Waals surface area contributed by atoms with Gasteiger partial charge in [-0.1, -0.05) is 29.8 Å². The summed E-state index contributed by atoms with van der Waals surface area (Å²) >= 11 is 5.85. The number of halogens is 1. The van der Waals surface area contributed by atoms with E-state index in [1.54, 1.807) is 24.3 Å². The second-order valence-corrected chi connectivity index (χ2v) is 6.38. The van der Waals surface area contributed by atoms with E-state index in [-0.39, 0.29) is 5.91 Å². The molecule has 0 radical (unpaired) electrons. The van der Waals surface area contributed by atoms with Crippen LogP contribution < -0.4 is 5.32 Å². The molecular weight excluding hydrogens is 346 g/mol. The molecule has 0 atom stereocenters. The molecule has 1 amide bonds. The minimum absolute atomic E-state index is 0.181. The Hall–Kier alpha value is -2.98. The zero-order valence-electron chi connectivity index (χ0n) is 14.5. The van der Waals surface area contributed by atoms with Gasteiger partial charge in [-0.05, 0) is 73.5 Å². The molecule has 0 saturated heterocycles. The van der Waals surface area contributed by atoms with Gasteiger partial charge in [0.05, 0.1) is 11.4 Å². The molecule has 0 unspecified atom stereocenters. The quantitative estimate of drug-likeness (QED) is 0.520. The molecule has 5 heteroatoms. The SMILES string of the molecule is Cc1ccccc1N=Nc1ccc(NC(=O)c2ccc(Cl)cc2)c(C)c1. The Morgan fingerprint density at radius 1 is 0.885 bits per heavy atom. The summed E-state index contributed by atoms with van der Waals surface area (Å²) in [6.07, 6.45) is 0. The molecule has 0 aromatic heterocycles. The number of aryl methyl sites for hydroxylation is 2. The van der Waals surface area contributed by atoms with Crippen molar-refractivity contribution in [3.63, 3.8) is 0 Å². The van der Waals surface area contributed by atoms with E-state index in [0.29, 0.717) is 10.6 Å². The first-order valence-electron chi connectivity index (χ1n) is 8.18. The van der Waals surface area contributed by atoms with Crippen LogP contribution in [-0.4, -0.2) is 5.91 Å². The van der Waals surface area contributed by atoms with Crippen LogP contribution in [-0.2, 0) is 0 Å². The molecule has 0 bridgehead atoms. The van der Waals surface area contributed by atoms with E-state index in [2.05, 4.69) is 15.5 Å². The van der Waals surface area contributed by atoms with Crippen LogP contribution in [0.5, 0.6) is 0 Å². The molecule has 0 aliphatic rings. The highest BCUT2D eigenvalue weighted by atomic mass is 35.5. The van der Waals surface area contributed by atoms with Crippen LogP contribution in [0.1, 0.15) is 21.5 Å². The van der Waals surface area contributed by atoms with E-state index in [4.69, 9.17) is 11.6 Å². The van der Waals surface area contributed by atoms with E-state index in [1.807, 2.05) is 56.3 Å². The average Bonchev–Trinajstić information content (AvgIpc) is 2.63. The lowest BCUT2D eigenvalue weighted by Crippen LogP contribution is -2.12. The van der Waals surface area contributed by atoms with Gasteiger partial charge in [-0.3, -0.25) is 4.79 Å². The van der Waals surface area contributed by atoms with Crippen LogP contribution in [0.3, 0.4) is 0 Å². The smallest absolute Gasteiger partial charge is 0.255 e. The zero-order chi connectivity index (χ0) is 18.5. The van der Waals surface area contributed by atoms with Crippen LogP contribution in [0, 0.1) is 13.8 Å². The van der Waals surface area contributed by atoms with E-state index >= 15 is 0 Å². The third-order valence-electron chi connectivity index (χ3n) is 3.95. The third-order valence-corrected chi connectivity index (χ3v) is 4.21. The van der Waals surface area contributed by atoms with Crippen molar-refractivity contribution in [3.05, 3.63) is 88.4 Å². The van der Waals surface area contributed by atoms with Crippen LogP contribution in [0.4, 0.5) is 17.1 Å². The standard InChI is InChI=1S/C21H18ClN3O/c1-14-5-3-4-6-20(14)25-24-18-11-12-19(15(2)13-18)23-21(26)16-7-9-17(22)10-8-16/h3-13H,1-2H3,(H,23,26). The van der Waals surface area contributed by atoms with Gasteiger partial charge in [0.2, 0.25) is 0 Å². The molecule has 1 N–H and O–H groups in total. The predicted molar refractivity (Wildman–Crippen MR) is 106 cm³/mol. The molecule has 0 heterocycles. The van der Waals surface area contributed by atoms with Crippen LogP contribution in [0.25, 0.3) is 0 Å². The molecule has 0 fully saturated rings. The lowest BCUT2D eigenvalue weighted by Gasteiger charge is -2.09. The van der Waals surface area contributed by atoms with E-state index in [1.165, 1.54) is 0 Å². The highest BCUT2D eigenvalue weighted by molar-refractivity contribution is 6.30. The van der Waals surface area contributed by atoms with Gasteiger partial charge in [0, 0.05) is 16.3 Å². The Kier molecular flexibility index (Phi) is 5.44. The van der Waals surface area contributed by atoms with Crippen molar-refractivity contribution in [2.24, 2.45) is 10.2 Å². The first-order valence-corrected chi connectivity index (χ1v) is 8.56. The van der Waals surface area contributed by atoms with E-state index < -0.39 is 0 Å². The summed E-state index contributed by atoms with van der Waals surface area (Å²) in [4.78, 5) is 12.3. The van der Waals surface area contributed by atoms with Gasteiger partial charge in [0.25, 0.3) is 5.91 Å². The van der Waals surface area contributed by atoms with Crippen molar-refractivity contribution in [2.75, 3.05) is 5.32 Å². The highest BCUT2D eigenvalue weighted by Crippen LogP contribution is 2.25. The summed E-state index contributed by atoms with van der Waals surface area (Å²) in [5.74, 6) is -0.181. The first kappa shape index (κ1) is 17.8. The number of anilines is 1. The van der Waals surface area contributed by atoms with Crippen molar-refractivity contribution in [2.45, 2.75) is 13.8 Å². The van der Waals surface area contributed by atoms with E-state index in [9.17, 15) is 4.79 Å². The highest BCUT2D eigenvalue weighted by Gasteiger charge is 2.08. The number of carbonyl (C=O) groups is 1. The fourth-order valence-electron chi connectivity index (χ4n) is 2.43. The van der Waals surface area contributed by atoms with Crippen molar-refractivity contribution >= 4 is 34.6 Å². The number of azo groups is 1. The van der Waals surface area contributed by atoms with Crippen molar-refractivity contribution in [3.8, 4) is 0 Å². The van der Waals surface area contributed by atoms with Gasteiger partial charge in [-0.2, -0.15) is 10.2 Å². The number of nitrogens with one attached hydrogen (secondary N) is 1. The van der Waals surface area contributed by atoms with Gasteiger partial charge in [0.1, 0.15) is 0 Å². The Balaban J connectivity index is 1.74. The van der Waals surface area contributed by atoms with Crippen molar-refractivity contribution in [1.82, 2.24) is 0 Å². The molecule has 0 aliphatic carbocycles. The molecule has 3 aromatic carbocycles. The summed E-state index contributed by atoms with van der Waals surface area (Å²) in [5.41, 5.74) is 4.84. The maximum absolute atomic E-state index is 12.3. The molecular formula is C21H18ClN3O. The van der Waals surface area contributed by atoms with Crippen LogP contribution >= 0.6 is 11.6 Å². The largest absolute Gasteiger partial charge is 0.322 e. The second kappa shape index (κ2) is 7.93. The Bertz CT molecular complexity index is 965. The normalized spacial score (nSPS) is 10.9. The molecule has 0 spiro atoms. The number of carbonyl (C=O) groups excluding carboxylic acids is 1. The summed E-state index contributed by atoms with van der Waals surface area (Å²) in [6.45, 7) is 3.92. The van der Waals surface area contributed by atoms with Gasteiger partial charge in [0.15, 0.2) is 0 Å². The zero-order valence-corrected chi connectivity index (χ0v) is 15.3. The first-order chi connectivity index (χ1) is 12.5. The summed E-state index contributed by atoms with van der Waals surface area (Å²) in [7, 11) is 0. The topological polar surface area (TPSA) is 53.8 Å². The minimum atomic E-state index is -0.181. The van der Waals surface area contributed by atoms with Crippen molar-refractivity contribution < 1.29 is 4.79 Å². The predicted octanol–water partition coefficient (Wildman–Crippen LogP) is 6.62. The van der Waals surface area contributed by atoms with Gasteiger partial charge >= 0.3 is 0 Å². The maximum Gasteiger partial charge on any atom is 0.255 e. The average molecular weight is 364 g/mol. The molecule has 130 valence electrons. The maximum atomic E-state index is 12.3.